The normalized spacial score (nSPS) is 43.6. The van der Waals surface area contributed by atoms with Crippen molar-refractivity contribution in [3.63, 3.8) is 0 Å². The van der Waals surface area contributed by atoms with Gasteiger partial charge in [-0.3, -0.25) is 9.80 Å². The van der Waals surface area contributed by atoms with Gasteiger partial charge in [-0.05, 0) is 117 Å². The molecule has 4 saturated carbocycles. The molecule has 2 saturated heterocycles. The van der Waals surface area contributed by atoms with Gasteiger partial charge < -0.3 is 4.74 Å². The zero-order chi connectivity index (χ0) is 22.5. The Morgan fingerprint density at radius 2 is 1.76 bits per heavy atom. The number of piperidine rings is 1. The van der Waals surface area contributed by atoms with Crippen LogP contribution in [0.15, 0.2) is 18.2 Å². The highest BCUT2D eigenvalue weighted by molar-refractivity contribution is 5.51. The maximum atomic E-state index is 5.84. The van der Waals surface area contributed by atoms with Gasteiger partial charge in [-0.25, -0.2) is 0 Å². The summed E-state index contributed by atoms with van der Waals surface area (Å²) in [7, 11) is 1.87. The first-order chi connectivity index (χ1) is 16.7. The Hall–Kier alpha value is -1.06. The lowest BCUT2D eigenvalue weighted by Crippen LogP contribution is -2.69. The lowest BCUT2D eigenvalue weighted by Gasteiger charge is -2.66. The third kappa shape index (κ3) is 2.72. The minimum Gasteiger partial charge on any atom is -0.497 e. The summed E-state index contributed by atoms with van der Waals surface area (Å²) in [6, 6.07) is 8.87. The Balaban J connectivity index is 1.21. The summed E-state index contributed by atoms with van der Waals surface area (Å²) in [5.74, 6) is 4.89. The van der Waals surface area contributed by atoms with Gasteiger partial charge in [-0.1, -0.05) is 25.3 Å². The molecule has 2 heterocycles. The van der Waals surface area contributed by atoms with Crippen LogP contribution < -0.4 is 4.74 Å². The predicted octanol–water partition coefficient (Wildman–Crippen LogP) is 5.65. The number of hydrogen-bond donors (Lipinski definition) is 0. The molecule has 0 aromatic heterocycles. The second-order valence-corrected chi connectivity index (χ2v) is 13.6. The fourth-order valence-corrected chi connectivity index (χ4v) is 11.1. The number of benzene rings is 1. The maximum absolute atomic E-state index is 5.84. The molecule has 3 heteroatoms. The lowest BCUT2D eigenvalue weighted by molar-refractivity contribution is -0.106. The van der Waals surface area contributed by atoms with E-state index in [1.54, 1.807) is 11.1 Å². The molecule has 2 unspecified atom stereocenters. The van der Waals surface area contributed by atoms with Gasteiger partial charge in [-0.2, -0.15) is 0 Å². The molecule has 6 fully saturated rings. The van der Waals surface area contributed by atoms with Crippen LogP contribution in [0, 0.1) is 29.1 Å². The van der Waals surface area contributed by atoms with Gasteiger partial charge in [0.1, 0.15) is 5.75 Å². The van der Waals surface area contributed by atoms with Crippen LogP contribution in [-0.2, 0) is 11.8 Å². The maximum Gasteiger partial charge on any atom is 0.119 e. The largest absolute Gasteiger partial charge is 0.497 e. The zero-order valence-electron chi connectivity index (χ0n) is 21.3. The molecule has 0 radical (unpaired) electrons. The number of rotatable bonds is 5. The predicted molar refractivity (Wildman–Crippen MR) is 136 cm³/mol. The monoisotopic (exact) mass is 460 g/mol. The van der Waals surface area contributed by atoms with E-state index < -0.39 is 0 Å². The van der Waals surface area contributed by atoms with Crippen molar-refractivity contribution < 1.29 is 4.74 Å². The summed E-state index contributed by atoms with van der Waals surface area (Å²) in [6.45, 7) is 5.55. The van der Waals surface area contributed by atoms with E-state index in [-0.39, 0.29) is 0 Å². The van der Waals surface area contributed by atoms with Crippen molar-refractivity contribution in [2.75, 3.05) is 33.3 Å². The first kappa shape index (κ1) is 21.1. The van der Waals surface area contributed by atoms with Crippen molar-refractivity contribution >= 4 is 0 Å². The van der Waals surface area contributed by atoms with E-state index in [4.69, 9.17) is 4.74 Å². The highest BCUT2D eigenvalue weighted by atomic mass is 16.5. The quantitative estimate of drug-likeness (QED) is 0.564. The van der Waals surface area contributed by atoms with Crippen molar-refractivity contribution in [3.05, 3.63) is 29.3 Å². The second kappa shape index (κ2) is 7.48. The van der Waals surface area contributed by atoms with Crippen LogP contribution in [0.4, 0.5) is 0 Å². The SMILES string of the molecule is COc1ccc2c(c1)[C@]13CCN(CC4CC4)[C@H](C2)[C@]12CCC1C3[C@@H](CN1CC1CCCCC1)C2. The van der Waals surface area contributed by atoms with E-state index in [2.05, 4.69) is 28.0 Å². The first-order valence-electron chi connectivity index (χ1n) is 14.9. The molecular weight excluding hydrogens is 416 g/mol. The topological polar surface area (TPSA) is 15.7 Å². The Kier molecular flexibility index (Phi) is 4.63. The molecule has 1 aromatic rings. The van der Waals surface area contributed by atoms with Crippen molar-refractivity contribution in [1.82, 2.24) is 9.80 Å². The second-order valence-electron chi connectivity index (χ2n) is 13.6. The van der Waals surface area contributed by atoms with Crippen LogP contribution in [0.3, 0.4) is 0 Å². The Morgan fingerprint density at radius 1 is 0.941 bits per heavy atom. The molecule has 8 rings (SSSR count). The van der Waals surface area contributed by atoms with Crippen LogP contribution in [0.25, 0.3) is 0 Å². The summed E-state index contributed by atoms with van der Waals surface area (Å²) in [5, 5.41) is 0. The van der Waals surface area contributed by atoms with E-state index in [9.17, 15) is 0 Å². The molecule has 184 valence electrons. The molecule has 1 aromatic carbocycles. The molecule has 7 aliphatic rings. The number of ether oxygens (including phenoxy) is 1. The average molecular weight is 461 g/mol. The van der Waals surface area contributed by atoms with E-state index in [1.165, 1.54) is 103 Å². The molecule has 34 heavy (non-hydrogen) atoms. The standard InChI is InChI=1S/C31H44N2O/c1-34-25-10-9-23-15-28-30-12-11-27-29(24(17-30)20-33(27)19-21-5-3-2-4-6-21)31(30,26(23)16-25)13-14-32(28)18-22-7-8-22/h9-10,16,21-22,24,27-29H,2-8,11-15,17-20H2,1H3/t24-,27?,28-,29?,30-,31+/m1/s1. The van der Waals surface area contributed by atoms with Crippen LogP contribution in [0.5, 0.6) is 5.75 Å². The first-order valence-corrected chi connectivity index (χ1v) is 14.9. The van der Waals surface area contributed by atoms with E-state index in [1.807, 2.05) is 7.11 Å². The number of methoxy groups -OCH3 is 1. The minimum absolute atomic E-state index is 0.411. The fourth-order valence-electron chi connectivity index (χ4n) is 11.1. The number of fused-ring (bicyclic) bond motifs is 1. The van der Waals surface area contributed by atoms with Gasteiger partial charge in [0.15, 0.2) is 0 Å². The van der Waals surface area contributed by atoms with E-state index in [0.29, 0.717) is 10.8 Å². The number of hydrogen-bond acceptors (Lipinski definition) is 3. The zero-order valence-corrected chi connectivity index (χ0v) is 21.3. The minimum atomic E-state index is 0.411. The van der Waals surface area contributed by atoms with Crippen LogP contribution in [0.2, 0.25) is 0 Å². The summed E-state index contributed by atoms with van der Waals surface area (Å²) in [4.78, 5) is 6.06. The van der Waals surface area contributed by atoms with Crippen molar-refractivity contribution in [2.24, 2.45) is 29.1 Å². The van der Waals surface area contributed by atoms with E-state index in [0.717, 1.165) is 41.5 Å². The third-order valence-electron chi connectivity index (χ3n) is 12.3. The molecule has 6 atom stereocenters. The molecule has 2 aliphatic heterocycles. The summed E-state index contributed by atoms with van der Waals surface area (Å²) >= 11 is 0. The van der Waals surface area contributed by atoms with Crippen molar-refractivity contribution in [2.45, 2.75) is 94.5 Å². The lowest BCUT2D eigenvalue weighted by atomic mass is 9.43. The Bertz CT molecular complexity index is 966. The molecule has 0 spiro atoms. The smallest absolute Gasteiger partial charge is 0.119 e. The highest BCUT2D eigenvalue weighted by Gasteiger charge is 2.75. The van der Waals surface area contributed by atoms with Gasteiger partial charge in [0.05, 0.1) is 7.11 Å². The Morgan fingerprint density at radius 3 is 2.59 bits per heavy atom. The molecule has 0 amide bonds. The molecular formula is C31H44N2O. The molecule has 3 nitrogen and oxygen atoms in total. The fraction of sp³-hybridized carbons (Fsp3) is 0.806. The number of likely N-dealkylation sites (tertiary alicyclic amines) is 2. The van der Waals surface area contributed by atoms with Crippen LogP contribution >= 0.6 is 0 Å². The summed E-state index contributed by atoms with van der Waals surface area (Å²) in [6.07, 6.45) is 17.6. The molecule has 4 bridgehead atoms. The average Bonchev–Trinajstić information content (AvgIpc) is 3.57. The van der Waals surface area contributed by atoms with Gasteiger partial charge in [-0.15, -0.1) is 0 Å². The molecule has 5 aliphatic carbocycles. The van der Waals surface area contributed by atoms with Gasteiger partial charge >= 0.3 is 0 Å². The highest BCUT2D eigenvalue weighted by Crippen LogP contribution is 2.75. The van der Waals surface area contributed by atoms with Crippen molar-refractivity contribution in [1.29, 1.82) is 0 Å². The van der Waals surface area contributed by atoms with Gasteiger partial charge in [0.25, 0.3) is 0 Å². The Labute approximate surface area is 206 Å². The van der Waals surface area contributed by atoms with Gasteiger partial charge in [0, 0.05) is 37.1 Å². The van der Waals surface area contributed by atoms with Crippen LogP contribution in [0.1, 0.15) is 81.8 Å². The number of nitrogens with zero attached hydrogens (tertiary/aromatic N) is 2. The molecule has 0 N–H and O–H groups in total. The van der Waals surface area contributed by atoms with Gasteiger partial charge in [0.2, 0.25) is 0 Å². The van der Waals surface area contributed by atoms with Crippen LogP contribution in [-0.4, -0.2) is 55.2 Å². The van der Waals surface area contributed by atoms with E-state index >= 15 is 0 Å². The van der Waals surface area contributed by atoms with Crippen molar-refractivity contribution in [3.8, 4) is 5.75 Å². The summed E-state index contributed by atoms with van der Waals surface area (Å²) in [5.41, 5.74) is 4.36. The summed E-state index contributed by atoms with van der Waals surface area (Å²) < 4.78 is 5.84. The third-order valence-corrected chi connectivity index (χ3v) is 12.3.